The molecule has 0 saturated carbocycles. The molecule has 27 heavy (non-hydrogen) atoms. The number of Topliss-reactive ketones (excluding diaryl/α,β-unsaturated/α-hetero) is 1. The van der Waals surface area contributed by atoms with Crippen molar-refractivity contribution in [3.63, 3.8) is 0 Å². The van der Waals surface area contributed by atoms with Crippen molar-refractivity contribution in [2.24, 2.45) is 0 Å². The summed E-state index contributed by atoms with van der Waals surface area (Å²) in [6.45, 7) is 0.239. The number of aryl methyl sites for hydroxylation is 1. The molecular weight excluding hydrogens is 363 g/mol. The molecule has 3 N–H and O–H groups in total. The number of aliphatic hydroxyl groups is 2. The predicted octanol–water partition coefficient (Wildman–Crippen LogP) is 2.96. The van der Waals surface area contributed by atoms with E-state index in [0.717, 1.165) is 17.7 Å². The van der Waals surface area contributed by atoms with Gasteiger partial charge in [-0.1, -0.05) is 13.0 Å². The number of halogens is 3. The Bertz CT molecular complexity index is 810. The van der Waals surface area contributed by atoms with E-state index < -0.39 is 54.8 Å². The van der Waals surface area contributed by atoms with Crippen LogP contribution in [-0.2, 0) is 11.2 Å². The van der Waals surface area contributed by atoms with E-state index >= 15 is 0 Å². The number of hydrogen-bond donors (Lipinski definition) is 3. The van der Waals surface area contributed by atoms with Gasteiger partial charge in [-0.2, -0.15) is 0 Å². The summed E-state index contributed by atoms with van der Waals surface area (Å²) in [7, 11) is 0. The first-order valence-electron chi connectivity index (χ1n) is 8.31. The lowest BCUT2D eigenvalue weighted by Crippen LogP contribution is -2.25. The minimum atomic E-state index is -1.33. The van der Waals surface area contributed by atoms with Gasteiger partial charge in [0.25, 0.3) is 0 Å². The van der Waals surface area contributed by atoms with Crippen molar-refractivity contribution in [1.82, 2.24) is 0 Å². The Labute approximate surface area is 154 Å². The highest BCUT2D eigenvalue weighted by molar-refractivity contribution is 6.02. The van der Waals surface area contributed by atoms with Gasteiger partial charge < -0.3 is 20.3 Å². The molecule has 2 aromatic rings. The van der Waals surface area contributed by atoms with Crippen LogP contribution in [0.1, 0.15) is 22.8 Å². The van der Waals surface area contributed by atoms with Gasteiger partial charge in [-0.25, -0.2) is 13.2 Å². The second-order valence-electron chi connectivity index (χ2n) is 5.80. The number of hydrogen-bond acceptors (Lipinski definition) is 5. The molecule has 0 aliphatic rings. The highest BCUT2D eigenvalue weighted by Crippen LogP contribution is 2.28. The third kappa shape index (κ3) is 5.06. The van der Waals surface area contributed by atoms with E-state index in [2.05, 4.69) is 5.32 Å². The Balaban J connectivity index is 2.32. The summed E-state index contributed by atoms with van der Waals surface area (Å²) in [4.78, 5) is 12.3. The topological polar surface area (TPSA) is 78.8 Å². The number of aliphatic hydroxyl groups excluding tert-OH is 2. The van der Waals surface area contributed by atoms with Crippen molar-refractivity contribution < 1.29 is 32.9 Å². The molecule has 0 unspecified atom stereocenters. The van der Waals surface area contributed by atoms with Crippen molar-refractivity contribution in [3.05, 3.63) is 58.9 Å². The van der Waals surface area contributed by atoms with Gasteiger partial charge in [0, 0.05) is 5.56 Å². The average Bonchev–Trinajstić information content (AvgIpc) is 2.67. The molecule has 0 bridgehead atoms. The molecule has 0 atom stereocenters. The Morgan fingerprint density at radius 3 is 2.41 bits per heavy atom. The zero-order chi connectivity index (χ0) is 20.0. The molecule has 0 fully saturated rings. The quantitative estimate of drug-likeness (QED) is 0.581. The second kappa shape index (κ2) is 9.50. The average molecular weight is 383 g/mol. The Morgan fingerprint density at radius 1 is 1.11 bits per heavy atom. The Morgan fingerprint density at radius 2 is 1.81 bits per heavy atom. The molecule has 0 aromatic heterocycles. The highest BCUT2D eigenvalue weighted by atomic mass is 19.2. The molecule has 2 aromatic carbocycles. The summed E-state index contributed by atoms with van der Waals surface area (Å²) in [5, 5.41) is 20.3. The van der Waals surface area contributed by atoms with Crippen molar-refractivity contribution in [2.45, 2.75) is 19.4 Å². The van der Waals surface area contributed by atoms with Crippen LogP contribution in [0.3, 0.4) is 0 Å². The standard InChI is InChI=1S/C19H20F3NO4/c1-2-11-3-6-16(15(21)7-11)23-19-13(4-5-14(20)18(19)22)17(26)10-27-12(8-24)9-25/h3-7,12,23-25H,2,8-10H2,1H3. The SMILES string of the molecule is CCc1ccc(Nc2c(C(=O)COC(CO)CO)ccc(F)c2F)c(F)c1. The van der Waals surface area contributed by atoms with Gasteiger partial charge in [0.05, 0.1) is 24.6 Å². The van der Waals surface area contributed by atoms with Crippen molar-refractivity contribution in [1.29, 1.82) is 0 Å². The van der Waals surface area contributed by atoms with Crippen LogP contribution < -0.4 is 5.32 Å². The van der Waals surface area contributed by atoms with Gasteiger partial charge in [-0.15, -0.1) is 0 Å². The third-order valence-electron chi connectivity index (χ3n) is 3.95. The molecular formula is C19H20F3NO4. The van der Waals surface area contributed by atoms with Crippen molar-refractivity contribution in [2.75, 3.05) is 25.1 Å². The number of benzene rings is 2. The monoisotopic (exact) mass is 383 g/mol. The first kappa shape index (κ1) is 20.9. The van der Waals surface area contributed by atoms with Crippen molar-refractivity contribution in [3.8, 4) is 0 Å². The first-order valence-corrected chi connectivity index (χ1v) is 8.31. The fourth-order valence-corrected chi connectivity index (χ4v) is 2.35. The Hall–Kier alpha value is -2.42. The summed E-state index contributed by atoms with van der Waals surface area (Å²) in [6, 6.07) is 6.09. The second-order valence-corrected chi connectivity index (χ2v) is 5.80. The van der Waals surface area contributed by atoms with Gasteiger partial charge >= 0.3 is 0 Å². The van der Waals surface area contributed by atoms with E-state index in [1.807, 2.05) is 6.92 Å². The minimum absolute atomic E-state index is 0.115. The van der Waals surface area contributed by atoms with Crippen LogP contribution >= 0.6 is 0 Å². The molecule has 5 nitrogen and oxygen atoms in total. The molecule has 2 rings (SSSR count). The molecule has 8 heteroatoms. The van der Waals surface area contributed by atoms with E-state index in [1.54, 1.807) is 6.07 Å². The number of nitrogens with one attached hydrogen (secondary N) is 1. The summed E-state index contributed by atoms with van der Waals surface area (Å²) >= 11 is 0. The molecule has 146 valence electrons. The van der Waals surface area contributed by atoms with Gasteiger partial charge in [0.2, 0.25) is 0 Å². The van der Waals surface area contributed by atoms with E-state index in [4.69, 9.17) is 14.9 Å². The molecule has 0 heterocycles. The minimum Gasteiger partial charge on any atom is -0.394 e. The van der Waals surface area contributed by atoms with Crippen LogP contribution in [0.5, 0.6) is 0 Å². The lowest BCUT2D eigenvalue weighted by Gasteiger charge is -2.16. The molecule has 0 aliphatic carbocycles. The van der Waals surface area contributed by atoms with Gasteiger partial charge in [0.15, 0.2) is 17.4 Å². The maximum atomic E-state index is 14.3. The van der Waals surface area contributed by atoms with E-state index in [-0.39, 0.29) is 11.3 Å². The molecule has 0 radical (unpaired) electrons. The molecule has 0 amide bonds. The van der Waals surface area contributed by atoms with Crippen LogP contribution in [0.25, 0.3) is 0 Å². The van der Waals surface area contributed by atoms with Crippen LogP contribution in [-0.4, -0.2) is 41.9 Å². The third-order valence-corrected chi connectivity index (χ3v) is 3.95. The number of carbonyl (C=O) groups is 1. The van der Waals surface area contributed by atoms with Gasteiger partial charge in [-0.3, -0.25) is 4.79 Å². The summed E-state index contributed by atoms with van der Waals surface area (Å²) in [5.41, 5.74) is -0.157. The summed E-state index contributed by atoms with van der Waals surface area (Å²) in [5.74, 6) is -3.94. The van der Waals surface area contributed by atoms with Gasteiger partial charge in [0.1, 0.15) is 18.5 Å². The number of carbonyl (C=O) groups excluding carboxylic acids is 1. The van der Waals surface area contributed by atoms with Crippen LogP contribution in [0.15, 0.2) is 30.3 Å². The lowest BCUT2D eigenvalue weighted by molar-refractivity contribution is -0.0132. The number of rotatable bonds is 9. The number of anilines is 2. The summed E-state index contributed by atoms with van der Waals surface area (Å²) in [6.07, 6.45) is -0.376. The molecule has 0 aliphatic heterocycles. The lowest BCUT2D eigenvalue weighted by atomic mass is 10.1. The Kier molecular flexibility index (Phi) is 7.35. The predicted molar refractivity (Wildman–Crippen MR) is 93.7 cm³/mol. The van der Waals surface area contributed by atoms with Crippen LogP contribution in [0, 0.1) is 17.5 Å². The fraction of sp³-hybridized carbons (Fsp3) is 0.316. The zero-order valence-corrected chi connectivity index (χ0v) is 14.6. The van der Waals surface area contributed by atoms with E-state index in [0.29, 0.717) is 6.42 Å². The molecule has 0 saturated heterocycles. The fourth-order valence-electron chi connectivity index (χ4n) is 2.35. The van der Waals surface area contributed by atoms with E-state index in [1.165, 1.54) is 12.1 Å². The van der Waals surface area contributed by atoms with E-state index in [9.17, 15) is 18.0 Å². The normalized spacial score (nSPS) is 11.1. The number of ether oxygens (including phenoxy) is 1. The van der Waals surface area contributed by atoms with Crippen LogP contribution in [0.4, 0.5) is 24.5 Å². The maximum Gasteiger partial charge on any atom is 0.190 e. The number of ketones is 1. The first-order chi connectivity index (χ1) is 12.9. The largest absolute Gasteiger partial charge is 0.394 e. The smallest absolute Gasteiger partial charge is 0.190 e. The zero-order valence-electron chi connectivity index (χ0n) is 14.6. The summed E-state index contributed by atoms with van der Waals surface area (Å²) < 4.78 is 47.1. The van der Waals surface area contributed by atoms with Crippen LogP contribution in [0.2, 0.25) is 0 Å². The maximum absolute atomic E-state index is 14.3. The van der Waals surface area contributed by atoms with Gasteiger partial charge in [-0.05, 0) is 36.2 Å². The molecule has 0 spiro atoms. The van der Waals surface area contributed by atoms with Crippen molar-refractivity contribution >= 4 is 17.2 Å². The highest BCUT2D eigenvalue weighted by Gasteiger charge is 2.21.